The number of hydrogen-bond acceptors (Lipinski definition) is 4. The smallest absolute Gasteiger partial charge is 0.240 e. The molecule has 162 valence electrons. The van der Waals surface area contributed by atoms with Gasteiger partial charge in [0.1, 0.15) is 11.9 Å². The molecule has 3 aliphatic heterocycles. The van der Waals surface area contributed by atoms with Crippen LogP contribution in [0.5, 0.6) is 0 Å². The summed E-state index contributed by atoms with van der Waals surface area (Å²) in [5, 5.41) is 0. The number of carbonyl (C=O) groups excluding carboxylic acids is 3. The minimum absolute atomic E-state index is 0.194. The van der Waals surface area contributed by atoms with Crippen molar-refractivity contribution in [2.45, 2.75) is 12.1 Å². The first kappa shape index (κ1) is 19.6. The van der Waals surface area contributed by atoms with Crippen molar-refractivity contribution in [3.05, 3.63) is 102 Å². The molecule has 3 aliphatic rings. The molecule has 2 amide bonds. The van der Waals surface area contributed by atoms with Gasteiger partial charge in [-0.05, 0) is 35.9 Å². The van der Waals surface area contributed by atoms with E-state index in [4.69, 9.17) is 0 Å². The van der Waals surface area contributed by atoms with Crippen LogP contribution in [0.3, 0.4) is 0 Å². The number of para-hydroxylation sites is 1. The number of rotatable bonds is 3. The van der Waals surface area contributed by atoms with E-state index in [-0.39, 0.29) is 11.7 Å². The zero-order valence-electron chi connectivity index (χ0n) is 17.5. The van der Waals surface area contributed by atoms with Crippen LogP contribution < -0.4 is 9.80 Å². The van der Waals surface area contributed by atoms with E-state index in [0.717, 1.165) is 16.2 Å². The predicted octanol–water partition coefficient (Wildman–Crippen LogP) is 4.10. The average Bonchev–Trinajstić information content (AvgIpc) is 3.33. The minimum atomic E-state index is -0.837. The molecule has 3 heterocycles. The highest BCUT2D eigenvalue weighted by molar-refractivity contribution is 6.25. The highest BCUT2D eigenvalue weighted by Gasteiger charge is 2.64. The maximum atomic E-state index is 13.8. The Morgan fingerprint density at radius 3 is 2.21 bits per heavy atom. The number of ketones is 1. The van der Waals surface area contributed by atoms with Crippen molar-refractivity contribution in [1.29, 1.82) is 0 Å². The van der Waals surface area contributed by atoms with Crippen LogP contribution in [0.25, 0.3) is 6.08 Å². The van der Waals surface area contributed by atoms with Crippen LogP contribution in [0.2, 0.25) is 0 Å². The molecule has 3 aromatic rings. The molecule has 3 aromatic carbocycles. The molecule has 33 heavy (non-hydrogen) atoms. The second-order valence-corrected chi connectivity index (χ2v) is 8.53. The van der Waals surface area contributed by atoms with Crippen LogP contribution in [0.15, 0.2) is 84.9 Å². The fourth-order valence-electron chi connectivity index (χ4n) is 5.43. The summed E-state index contributed by atoms with van der Waals surface area (Å²) in [5.74, 6) is -2.97. The molecular formula is C27H19FN2O3. The summed E-state index contributed by atoms with van der Waals surface area (Å²) in [5.41, 5.74) is 2.59. The van der Waals surface area contributed by atoms with Gasteiger partial charge in [0.15, 0.2) is 5.78 Å². The lowest BCUT2D eigenvalue weighted by Crippen LogP contribution is -2.48. The van der Waals surface area contributed by atoms with Gasteiger partial charge in [0, 0.05) is 11.3 Å². The van der Waals surface area contributed by atoms with Gasteiger partial charge in [0.05, 0.1) is 23.6 Å². The van der Waals surface area contributed by atoms with E-state index < -0.39 is 35.6 Å². The lowest BCUT2D eigenvalue weighted by atomic mass is 9.86. The standard InChI is InChI=1S/C27H19FN2O3/c28-18-11-13-19(14-12-18)29-26(32)22-21-15-10-16-6-4-5-9-20(16)30(21)24(23(22)27(29)33)25(31)17-7-2-1-3-8-17/h1-15,21-24H. The van der Waals surface area contributed by atoms with Crippen molar-refractivity contribution < 1.29 is 18.8 Å². The van der Waals surface area contributed by atoms with Crippen molar-refractivity contribution in [3.8, 4) is 0 Å². The quantitative estimate of drug-likeness (QED) is 0.457. The normalized spacial score (nSPS) is 25.1. The lowest BCUT2D eigenvalue weighted by Gasteiger charge is -2.36. The van der Waals surface area contributed by atoms with Crippen LogP contribution >= 0.6 is 0 Å². The van der Waals surface area contributed by atoms with Crippen LogP contribution in [0.1, 0.15) is 15.9 Å². The molecule has 0 spiro atoms. The van der Waals surface area contributed by atoms with Crippen molar-refractivity contribution in [2.24, 2.45) is 11.8 Å². The van der Waals surface area contributed by atoms with Gasteiger partial charge >= 0.3 is 0 Å². The third-order valence-electron chi connectivity index (χ3n) is 6.83. The maximum absolute atomic E-state index is 13.8. The third kappa shape index (κ3) is 2.80. The number of carbonyl (C=O) groups is 3. The number of amides is 2. The zero-order valence-corrected chi connectivity index (χ0v) is 17.5. The molecule has 6 heteroatoms. The van der Waals surface area contributed by atoms with Crippen molar-refractivity contribution in [3.63, 3.8) is 0 Å². The predicted molar refractivity (Wildman–Crippen MR) is 122 cm³/mol. The van der Waals surface area contributed by atoms with Crippen molar-refractivity contribution >= 4 is 35.0 Å². The van der Waals surface area contributed by atoms with E-state index in [2.05, 4.69) is 0 Å². The summed E-state index contributed by atoms with van der Waals surface area (Å²) in [6.45, 7) is 0. The van der Waals surface area contributed by atoms with E-state index in [1.807, 2.05) is 47.4 Å². The topological polar surface area (TPSA) is 57.7 Å². The van der Waals surface area contributed by atoms with Gasteiger partial charge in [0.2, 0.25) is 11.8 Å². The van der Waals surface area contributed by atoms with Gasteiger partial charge < -0.3 is 4.90 Å². The Morgan fingerprint density at radius 2 is 1.45 bits per heavy atom. The number of benzene rings is 3. The molecule has 2 saturated heterocycles. The van der Waals surface area contributed by atoms with Crippen LogP contribution in [-0.2, 0) is 9.59 Å². The third-order valence-corrected chi connectivity index (χ3v) is 6.83. The molecule has 0 aliphatic carbocycles. The summed E-state index contributed by atoms with van der Waals surface area (Å²) in [7, 11) is 0. The number of imide groups is 1. The Balaban J connectivity index is 1.50. The second kappa shape index (κ2) is 7.24. The fraction of sp³-hybridized carbons (Fsp3) is 0.148. The summed E-state index contributed by atoms with van der Waals surface area (Å²) in [6, 6.07) is 20.6. The molecule has 5 nitrogen and oxygen atoms in total. The fourth-order valence-corrected chi connectivity index (χ4v) is 5.43. The molecule has 2 fully saturated rings. The van der Waals surface area contributed by atoms with Crippen LogP contribution in [0, 0.1) is 17.7 Å². The SMILES string of the molecule is O=C(c1ccccc1)C1C2C(=O)N(c3ccc(F)cc3)C(=O)C2C2C=Cc3ccccc3N21. The number of Topliss-reactive ketones (excluding diaryl/α,β-unsaturated/α-hetero) is 1. The summed E-state index contributed by atoms with van der Waals surface area (Å²) < 4.78 is 13.5. The number of nitrogens with zero attached hydrogens (tertiary/aromatic N) is 2. The van der Waals surface area contributed by atoms with Crippen molar-refractivity contribution in [2.75, 3.05) is 9.80 Å². The van der Waals surface area contributed by atoms with Crippen LogP contribution in [-0.4, -0.2) is 29.7 Å². The molecule has 6 rings (SSSR count). The number of anilines is 2. The number of fused-ring (bicyclic) bond motifs is 5. The summed E-state index contributed by atoms with van der Waals surface area (Å²) >= 11 is 0. The number of halogens is 1. The summed E-state index contributed by atoms with van der Waals surface area (Å²) in [4.78, 5) is 44.1. The van der Waals surface area contributed by atoms with Gasteiger partial charge in [-0.15, -0.1) is 0 Å². The van der Waals surface area contributed by atoms with Crippen molar-refractivity contribution in [1.82, 2.24) is 0 Å². The molecule has 4 unspecified atom stereocenters. The molecule has 0 N–H and O–H groups in total. The molecule has 0 radical (unpaired) electrons. The van der Waals surface area contributed by atoms with E-state index >= 15 is 0 Å². The highest BCUT2D eigenvalue weighted by atomic mass is 19.1. The Hall–Kier alpha value is -4.06. The first-order chi connectivity index (χ1) is 16.1. The monoisotopic (exact) mass is 438 g/mol. The first-order valence-corrected chi connectivity index (χ1v) is 10.8. The van der Waals surface area contributed by atoms with Gasteiger partial charge in [-0.3, -0.25) is 14.4 Å². The molecule has 0 saturated carbocycles. The van der Waals surface area contributed by atoms with Gasteiger partial charge in [-0.25, -0.2) is 9.29 Å². The molecule has 0 bridgehead atoms. The van der Waals surface area contributed by atoms with E-state index in [1.165, 1.54) is 24.3 Å². The number of hydrogen-bond donors (Lipinski definition) is 0. The van der Waals surface area contributed by atoms with E-state index in [0.29, 0.717) is 11.3 Å². The Bertz CT molecular complexity index is 1320. The second-order valence-electron chi connectivity index (χ2n) is 8.53. The maximum Gasteiger partial charge on any atom is 0.240 e. The average molecular weight is 438 g/mol. The van der Waals surface area contributed by atoms with Gasteiger partial charge in [-0.1, -0.05) is 60.7 Å². The highest BCUT2D eigenvalue weighted by Crippen LogP contribution is 2.49. The Morgan fingerprint density at radius 1 is 0.788 bits per heavy atom. The lowest BCUT2D eigenvalue weighted by molar-refractivity contribution is -0.122. The Labute approximate surface area is 189 Å². The molecule has 0 aromatic heterocycles. The zero-order chi connectivity index (χ0) is 22.7. The largest absolute Gasteiger partial charge is 0.352 e. The first-order valence-electron chi connectivity index (χ1n) is 10.8. The molecular weight excluding hydrogens is 419 g/mol. The van der Waals surface area contributed by atoms with E-state index in [1.54, 1.807) is 24.3 Å². The van der Waals surface area contributed by atoms with Gasteiger partial charge in [0.25, 0.3) is 0 Å². The van der Waals surface area contributed by atoms with Gasteiger partial charge in [-0.2, -0.15) is 0 Å². The van der Waals surface area contributed by atoms with Crippen LogP contribution in [0.4, 0.5) is 15.8 Å². The minimum Gasteiger partial charge on any atom is -0.352 e. The molecule has 4 atom stereocenters. The Kier molecular flexibility index (Phi) is 4.30. The summed E-state index contributed by atoms with van der Waals surface area (Å²) in [6.07, 6.45) is 3.86. The van der Waals surface area contributed by atoms with E-state index in [9.17, 15) is 18.8 Å².